The zero-order valence-corrected chi connectivity index (χ0v) is 12.1. The molecule has 0 N–H and O–H groups in total. The third kappa shape index (κ3) is 2.12. The topological polar surface area (TPSA) is 31.4 Å². The van der Waals surface area contributed by atoms with E-state index in [0.29, 0.717) is 0 Å². The smallest absolute Gasteiger partial charge is 0.399 e. The number of aromatic nitrogens is 1. The van der Waals surface area contributed by atoms with Gasteiger partial charge in [-0.2, -0.15) is 0 Å². The highest BCUT2D eigenvalue weighted by Gasteiger charge is 2.51. The molecular formula is C11H15BINO2. The van der Waals surface area contributed by atoms with E-state index in [0.717, 1.165) is 9.16 Å². The van der Waals surface area contributed by atoms with Crippen LogP contribution >= 0.6 is 22.6 Å². The van der Waals surface area contributed by atoms with E-state index < -0.39 is 0 Å². The van der Waals surface area contributed by atoms with Crippen molar-refractivity contribution in [3.8, 4) is 0 Å². The highest BCUT2D eigenvalue weighted by molar-refractivity contribution is 14.1. The molecule has 0 atom stereocenters. The summed E-state index contributed by atoms with van der Waals surface area (Å²) >= 11 is 2.18. The molecule has 0 spiro atoms. The molecule has 2 heterocycles. The van der Waals surface area contributed by atoms with E-state index in [9.17, 15) is 0 Å². The molecule has 0 radical (unpaired) electrons. The molecule has 0 amide bonds. The lowest BCUT2D eigenvalue weighted by Crippen LogP contribution is -2.41. The highest BCUT2D eigenvalue weighted by Crippen LogP contribution is 2.36. The maximum atomic E-state index is 5.93. The molecule has 0 saturated carbocycles. The minimum Gasteiger partial charge on any atom is -0.399 e. The van der Waals surface area contributed by atoms with Crippen molar-refractivity contribution in [3.63, 3.8) is 0 Å². The quantitative estimate of drug-likeness (QED) is 0.448. The molecule has 0 bridgehead atoms. The van der Waals surface area contributed by atoms with Gasteiger partial charge in [0.2, 0.25) is 0 Å². The molecular weight excluding hydrogens is 316 g/mol. The Morgan fingerprint density at radius 3 is 2.12 bits per heavy atom. The molecule has 2 rings (SSSR count). The maximum absolute atomic E-state index is 5.93. The first-order chi connectivity index (χ1) is 7.32. The SMILES string of the molecule is CC1(C)OB(c2ccc(I)nc2)OC1(C)C. The Balaban J connectivity index is 2.23. The molecule has 86 valence electrons. The van der Waals surface area contributed by atoms with Gasteiger partial charge in [0.25, 0.3) is 0 Å². The van der Waals surface area contributed by atoms with Gasteiger partial charge in [-0.25, -0.2) is 0 Å². The van der Waals surface area contributed by atoms with Crippen LogP contribution < -0.4 is 5.46 Å². The molecule has 1 aliphatic heterocycles. The molecule has 1 aromatic heterocycles. The van der Waals surface area contributed by atoms with Gasteiger partial charge in [0.1, 0.15) is 3.70 Å². The molecule has 1 saturated heterocycles. The summed E-state index contributed by atoms with van der Waals surface area (Å²) in [5.74, 6) is 0. The summed E-state index contributed by atoms with van der Waals surface area (Å²) in [5, 5.41) is 0. The first kappa shape index (κ1) is 12.3. The summed E-state index contributed by atoms with van der Waals surface area (Å²) in [6.07, 6.45) is 1.81. The van der Waals surface area contributed by atoms with Crippen molar-refractivity contribution in [2.24, 2.45) is 0 Å². The van der Waals surface area contributed by atoms with E-state index in [1.165, 1.54) is 0 Å². The van der Waals surface area contributed by atoms with E-state index in [1.807, 2.05) is 46.0 Å². The number of nitrogens with zero attached hydrogens (tertiary/aromatic N) is 1. The molecule has 3 nitrogen and oxygen atoms in total. The second-order valence-electron chi connectivity index (χ2n) is 5.00. The zero-order valence-electron chi connectivity index (χ0n) is 9.95. The fourth-order valence-corrected chi connectivity index (χ4v) is 1.82. The van der Waals surface area contributed by atoms with Crippen molar-refractivity contribution in [3.05, 3.63) is 22.0 Å². The van der Waals surface area contributed by atoms with Crippen molar-refractivity contribution in [2.75, 3.05) is 0 Å². The Morgan fingerprint density at radius 1 is 1.12 bits per heavy atom. The van der Waals surface area contributed by atoms with Crippen LogP contribution in [0.1, 0.15) is 27.7 Å². The highest BCUT2D eigenvalue weighted by atomic mass is 127. The molecule has 0 aliphatic carbocycles. The Hall–Kier alpha value is -0.135. The summed E-state index contributed by atoms with van der Waals surface area (Å²) in [4.78, 5) is 4.25. The van der Waals surface area contributed by atoms with Crippen LogP contribution in [0.15, 0.2) is 18.3 Å². The summed E-state index contributed by atoms with van der Waals surface area (Å²) in [6, 6.07) is 3.96. The Kier molecular flexibility index (Phi) is 3.05. The van der Waals surface area contributed by atoms with Gasteiger partial charge < -0.3 is 9.31 Å². The van der Waals surface area contributed by atoms with Crippen LogP contribution in [-0.2, 0) is 9.31 Å². The lowest BCUT2D eigenvalue weighted by Gasteiger charge is -2.32. The van der Waals surface area contributed by atoms with Crippen molar-refractivity contribution in [1.82, 2.24) is 4.98 Å². The van der Waals surface area contributed by atoms with Gasteiger partial charge in [-0.3, -0.25) is 4.98 Å². The van der Waals surface area contributed by atoms with Crippen molar-refractivity contribution < 1.29 is 9.31 Å². The van der Waals surface area contributed by atoms with Crippen LogP contribution in [0.3, 0.4) is 0 Å². The minimum atomic E-state index is -0.311. The fraction of sp³-hybridized carbons (Fsp3) is 0.545. The van der Waals surface area contributed by atoms with E-state index in [-0.39, 0.29) is 18.3 Å². The van der Waals surface area contributed by atoms with Crippen LogP contribution in [0.5, 0.6) is 0 Å². The first-order valence-electron chi connectivity index (χ1n) is 5.29. The monoisotopic (exact) mass is 331 g/mol. The number of hydrogen-bond acceptors (Lipinski definition) is 3. The standard InChI is InChI=1S/C11H15BINO2/c1-10(2)11(3,4)16-12(15-10)8-5-6-9(13)14-7-8/h5-7H,1-4H3. The average molecular weight is 331 g/mol. The van der Waals surface area contributed by atoms with Gasteiger partial charge in [-0.05, 0) is 56.4 Å². The normalized spacial score (nSPS) is 22.4. The van der Waals surface area contributed by atoms with Crippen molar-refractivity contribution >= 4 is 35.2 Å². The van der Waals surface area contributed by atoms with Gasteiger partial charge in [0.15, 0.2) is 0 Å². The lowest BCUT2D eigenvalue weighted by atomic mass is 9.80. The molecule has 0 unspecified atom stereocenters. The average Bonchev–Trinajstić information content (AvgIpc) is 2.37. The molecule has 5 heteroatoms. The molecule has 1 aromatic rings. The predicted molar refractivity (Wildman–Crippen MR) is 72.7 cm³/mol. The van der Waals surface area contributed by atoms with Crippen LogP contribution in [0, 0.1) is 3.70 Å². The van der Waals surface area contributed by atoms with Gasteiger partial charge in [0.05, 0.1) is 11.2 Å². The van der Waals surface area contributed by atoms with E-state index in [1.54, 1.807) is 0 Å². The lowest BCUT2D eigenvalue weighted by molar-refractivity contribution is 0.00578. The fourth-order valence-electron chi connectivity index (χ4n) is 1.51. The summed E-state index contributed by atoms with van der Waals surface area (Å²) in [5.41, 5.74) is 0.389. The molecule has 1 fully saturated rings. The predicted octanol–water partition coefficient (Wildman–Crippen LogP) is 1.99. The summed E-state index contributed by atoms with van der Waals surface area (Å²) in [6.45, 7) is 8.19. The van der Waals surface area contributed by atoms with Crippen molar-refractivity contribution in [1.29, 1.82) is 0 Å². The number of hydrogen-bond donors (Lipinski definition) is 0. The Labute approximate surface area is 110 Å². The molecule has 16 heavy (non-hydrogen) atoms. The van der Waals surface area contributed by atoms with Gasteiger partial charge in [-0.15, -0.1) is 0 Å². The van der Waals surface area contributed by atoms with Gasteiger partial charge in [0, 0.05) is 11.7 Å². The number of halogens is 1. The number of pyridine rings is 1. The van der Waals surface area contributed by atoms with Crippen LogP contribution in [-0.4, -0.2) is 23.3 Å². The molecule has 0 aromatic carbocycles. The maximum Gasteiger partial charge on any atom is 0.496 e. The Morgan fingerprint density at radius 2 is 1.69 bits per heavy atom. The largest absolute Gasteiger partial charge is 0.496 e. The van der Waals surface area contributed by atoms with Crippen LogP contribution in [0.25, 0.3) is 0 Å². The molecule has 1 aliphatic rings. The summed E-state index contributed by atoms with van der Waals surface area (Å²) < 4.78 is 12.8. The first-order valence-corrected chi connectivity index (χ1v) is 6.37. The summed E-state index contributed by atoms with van der Waals surface area (Å²) in [7, 11) is -0.311. The second-order valence-corrected chi connectivity index (χ2v) is 6.11. The van der Waals surface area contributed by atoms with Crippen molar-refractivity contribution in [2.45, 2.75) is 38.9 Å². The van der Waals surface area contributed by atoms with Gasteiger partial charge >= 0.3 is 7.12 Å². The Bertz CT molecular complexity index is 375. The van der Waals surface area contributed by atoms with Crippen LogP contribution in [0.2, 0.25) is 0 Å². The van der Waals surface area contributed by atoms with E-state index in [2.05, 4.69) is 27.6 Å². The van der Waals surface area contributed by atoms with E-state index in [4.69, 9.17) is 9.31 Å². The minimum absolute atomic E-state index is 0.291. The zero-order chi connectivity index (χ0) is 12.0. The van der Waals surface area contributed by atoms with E-state index >= 15 is 0 Å². The van der Waals surface area contributed by atoms with Gasteiger partial charge in [-0.1, -0.05) is 6.07 Å². The van der Waals surface area contributed by atoms with Crippen LogP contribution in [0.4, 0.5) is 0 Å². The third-order valence-electron chi connectivity index (χ3n) is 3.28. The second kappa shape index (κ2) is 3.96. The third-order valence-corrected chi connectivity index (χ3v) is 3.91. The number of rotatable bonds is 1.